The van der Waals surface area contributed by atoms with Crippen molar-refractivity contribution >= 4 is 5.91 Å². The molecule has 1 aromatic rings. The maximum absolute atomic E-state index is 13.6. The molecular weight excluding hydrogens is 267 g/mol. The van der Waals surface area contributed by atoms with Crippen molar-refractivity contribution < 1.29 is 9.18 Å². The Hall–Kier alpha value is -1.42. The Bertz CT molecular complexity index is 504. The minimum Gasteiger partial charge on any atom is -0.348 e. The van der Waals surface area contributed by atoms with Gasteiger partial charge in [-0.3, -0.25) is 4.79 Å². The van der Waals surface area contributed by atoms with Crippen LogP contribution in [0.15, 0.2) is 18.2 Å². The highest BCUT2D eigenvalue weighted by molar-refractivity contribution is 5.82. The van der Waals surface area contributed by atoms with Crippen LogP contribution in [0.25, 0.3) is 0 Å². The third-order valence-electron chi connectivity index (χ3n) is 4.46. The van der Waals surface area contributed by atoms with Gasteiger partial charge in [0.2, 0.25) is 5.91 Å². The second-order valence-electron chi connectivity index (χ2n) is 6.04. The molecule has 3 unspecified atom stereocenters. The Kier molecular flexibility index (Phi) is 5.34. The first-order valence-corrected chi connectivity index (χ1v) is 7.81. The summed E-state index contributed by atoms with van der Waals surface area (Å²) in [7, 11) is 0. The quantitative estimate of drug-likeness (QED) is 0.895. The number of piperidine rings is 1. The van der Waals surface area contributed by atoms with Crippen LogP contribution < -0.4 is 10.6 Å². The molecule has 0 saturated carbocycles. The predicted molar refractivity (Wildman–Crippen MR) is 82.5 cm³/mol. The smallest absolute Gasteiger partial charge is 0.237 e. The molecule has 116 valence electrons. The van der Waals surface area contributed by atoms with Gasteiger partial charge in [-0.05, 0) is 56.3 Å². The van der Waals surface area contributed by atoms with E-state index in [0.29, 0.717) is 11.5 Å². The molecule has 1 amide bonds. The molecule has 2 rings (SSSR count). The first-order valence-electron chi connectivity index (χ1n) is 7.81. The maximum Gasteiger partial charge on any atom is 0.237 e. The maximum atomic E-state index is 13.6. The van der Waals surface area contributed by atoms with Gasteiger partial charge in [0.05, 0.1) is 12.1 Å². The van der Waals surface area contributed by atoms with E-state index in [9.17, 15) is 9.18 Å². The summed E-state index contributed by atoms with van der Waals surface area (Å²) in [6.07, 6.45) is 3.14. The molecule has 0 bridgehead atoms. The molecule has 1 saturated heterocycles. The summed E-state index contributed by atoms with van der Waals surface area (Å²) in [6.45, 7) is 6.69. The minimum atomic E-state index is -0.226. The number of carbonyl (C=O) groups excluding carboxylic acids is 1. The standard InChI is InChI=1S/C17H25FN2O/c1-4-13-7-8-19-16(9-13)17(21)20-12(3)14-6-5-11(2)15(18)10-14/h5-6,10,12-13,16,19H,4,7-9H2,1-3H3,(H,20,21). The van der Waals surface area contributed by atoms with Crippen molar-refractivity contribution in [2.45, 2.75) is 52.1 Å². The van der Waals surface area contributed by atoms with Gasteiger partial charge in [-0.25, -0.2) is 4.39 Å². The zero-order valence-electron chi connectivity index (χ0n) is 13.1. The van der Waals surface area contributed by atoms with Gasteiger partial charge in [0, 0.05) is 0 Å². The van der Waals surface area contributed by atoms with Gasteiger partial charge in [-0.2, -0.15) is 0 Å². The number of nitrogens with one attached hydrogen (secondary N) is 2. The second kappa shape index (κ2) is 7.03. The van der Waals surface area contributed by atoms with Gasteiger partial charge in [-0.1, -0.05) is 25.5 Å². The fourth-order valence-corrected chi connectivity index (χ4v) is 2.84. The van der Waals surface area contributed by atoms with E-state index in [1.165, 1.54) is 6.07 Å². The monoisotopic (exact) mass is 292 g/mol. The van der Waals surface area contributed by atoms with Gasteiger partial charge in [0.1, 0.15) is 5.82 Å². The van der Waals surface area contributed by atoms with Crippen LogP contribution in [0.4, 0.5) is 4.39 Å². The Morgan fingerprint density at radius 1 is 1.52 bits per heavy atom. The van der Waals surface area contributed by atoms with Crippen LogP contribution in [-0.4, -0.2) is 18.5 Å². The third-order valence-corrected chi connectivity index (χ3v) is 4.46. The Morgan fingerprint density at radius 3 is 2.95 bits per heavy atom. The average molecular weight is 292 g/mol. The highest BCUT2D eigenvalue weighted by Crippen LogP contribution is 2.21. The van der Waals surface area contributed by atoms with Crippen molar-refractivity contribution in [2.75, 3.05) is 6.54 Å². The van der Waals surface area contributed by atoms with Crippen molar-refractivity contribution in [3.05, 3.63) is 35.1 Å². The van der Waals surface area contributed by atoms with E-state index in [-0.39, 0.29) is 23.8 Å². The number of halogens is 1. The average Bonchev–Trinajstić information content (AvgIpc) is 2.49. The van der Waals surface area contributed by atoms with Crippen LogP contribution in [0.1, 0.15) is 50.3 Å². The lowest BCUT2D eigenvalue weighted by atomic mass is 9.90. The summed E-state index contributed by atoms with van der Waals surface area (Å²) in [4.78, 5) is 12.3. The predicted octanol–water partition coefficient (Wildman–Crippen LogP) is 3.09. The van der Waals surface area contributed by atoms with Crippen LogP contribution in [0.5, 0.6) is 0 Å². The fraction of sp³-hybridized carbons (Fsp3) is 0.588. The highest BCUT2D eigenvalue weighted by Gasteiger charge is 2.26. The fourth-order valence-electron chi connectivity index (χ4n) is 2.84. The molecule has 2 N–H and O–H groups in total. The van der Waals surface area contributed by atoms with Gasteiger partial charge in [0.15, 0.2) is 0 Å². The van der Waals surface area contributed by atoms with Gasteiger partial charge < -0.3 is 10.6 Å². The number of aryl methyl sites for hydroxylation is 1. The van der Waals surface area contributed by atoms with Gasteiger partial charge in [-0.15, -0.1) is 0 Å². The molecule has 21 heavy (non-hydrogen) atoms. The molecular formula is C17H25FN2O. The normalized spacial score (nSPS) is 23.6. The van der Waals surface area contributed by atoms with E-state index in [4.69, 9.17) is 0 Å². The van der Waals surface area contributed by atoms with E-state index in [2.05, 4.69) is 17.6 Å². The number of amides is 1. The second-order valence-corrected chi connectivity index (χ2v) is 6.04. The lowest BCUT2D eigenvalue weighted by Gasteiger charge is -2.30. The molecule has 1 aliphatic rings. The number of benzene rings is 1. The Labute approximate surface area is 126 Å². The van der Waals surface area contributed by atoms with Crippen LogP contribution in [-0.2, 0) is 4.79 Å². The van der Waals surface area contributed by atoms with E-state index < -0.39 is 0 Å². The molecule has 1 aliphatic heterocycles. The minimum absolute atomic E-state index is 0.0154. The van der Waals surface area contributed by atoms with Gasteiger partial charge >= 0.3 is 0 Å². The lowest BCUT2D eigenvalue weighted by Crippen LogP contribution is -2.49. The van der Waals surface area contributed by atoms with E-state index in [1.54, 1.807) is 13.0 Å². The largest absolute Gasteiger partial charge is 0.348 e. The number of carbonyl (C=O) groups is 1. The lowest BCUT2D eigenvalue weighted by molar-refractivity contribution is -0.124. The van der Waals surface area contributed by atoms with Crippen LogP contribution in [0.2, 0.25) is 0 Å². The summed E-state index contributed by atoms with van der Waals surface area (Å²) >= 11 is 0. The van der Waals surface area contributed by atoms with Crippen molar-refractivity contribution in [3.8, 4) is 0 Å². The molecule has 1 fully saturated rings. The van der Waals surface area contributed by atoms with Crippen molar-refractivity contribution in [1.29, 1.82) is 0 Å². The van der Waals surface area contributed by atoms with Crippen LogP contribution >= 0.6 is 0 Å². The van der Waals surface area contributed by atoms with Crippen molar-refractivity contribution in [1.82, 2.24) is 10.6 Å². The number of hydrogen-bond donors (Lipinski definition) is 2. The molecule has 1 aromatic carbocycles. The highest BCUT2D eigenvalue weighted by atomic mass is 19.1. The third kappa shape index (κ3) is 4.03. The summed E-state index contributed by atoms with van der Waals surface area (Å²) in [5, 5.41) is 6.26. The summed E-state index contributed by atoms with van der Waals surface area (Å²) in [5.74, 6) is 0.409. The topological polar surface area (TPSA) is 41.1 Å². The van der Waals surface area contributed by atoms with E-state index in [1.807, 2.05) is 13.0 Å². The summed E-state index contributed by atoms with van der Waals surface area (Å²) in [6, 6.07) is 4.81. The molecule has 0 aromatic heterocycles. The SMILES string of the molecule is CCC1CCNC(C(=O)NC(C)c2ccc(C)c(F)c2)C1. The van der Waals surface area contributed by atoms with E-state index >= 15 is 0 Å². The van der Waals surface area contributed by atoms with E-state index in [0.717, 1.165) is 31.4 Å². The number of hydrogen-bond acceptors (Lipinski definition) is 2. The number of rotatable bonds is 4. The van der Waals surface area contributed by atoms with Crippen molar-refractivity contribution in [2.24, 2.45) is 5.92 Å². The molecule has 0 radical (unpaired) electrons. The van der Waals surface area contributed by atoms with Crippen molar-refractivity contribution in [3.63, 3.8) is 0 Å². The Balaban J connectivity index is 1.96. The van der Waals surface area contributed by atoms with Gasteiger partial charge in [0.25, 0.3) is 0 Å². The first kappa shape index (κ1) is 16.0. The zero-order chi connectivity index (χ0) is 15.4. The zero-order valence-corrected chi connectivity index (χ0v) is 13.1. The molecule has 0 spiro atoms. The molecule has 3 atom stereocenters. The van der Waals surface area contributed by atoms with Crippen LogP contribution in [0, 0.1) is 18.7 Å². The first-order chi connectivity index (χ1) is 10.0. The molecule has 4 heteroatoms. The molecule has 0 aliphatic carbocycles. The molecule has 3 nitrogen and oxygen atoms in total. The Morgan fingerprint density at radius 2 is 2.29 bits per heavy atom. The van der Waals surface area contributed by atoms with Crippen LogP contribution in [0.3, 0.4) is 0 Å². The summed E-state index contributed by atoms with van der Waals surface area (Å²) < 4.78 is 13.6. The summed E-state index contributed by atoms with van der Waals surface area (Å²) in [5.41, 5.74) is 1.42. The molecule has 1 heterocycles.